The number of alkyl halides is 3. The number of aromatic nitrogens is 2. The van der Waals surface area contributed by atoms with Crippen molar-refractivity contribution in [3.63, 3.8) is 0 Å². The molecule has 3 aromatic rings. The molecule has 0 atom stereocenters. The molecular weight excluding hydrogens is 371 g/mol. The summed E-state index contributed by atoms with van der Waals surface area (Å²) in [5, 5.41) is 15.8. The van der Waals surface area contributed by atoms with E-state index in [0.717, 1.165) is 10.7 Å². The second kappa shape index (κ2) is 6.72. The molecule has 9 heteroatoms. The van der Waals surface area contributed by atoms with E-state index in [4.69, 9.17) is 11.6 Å². The molecule has 0 unspecified atom stereocenters. The molecule has 0 saturated carbocycles. The molecule has 0 saturated heterocycles. The van der Waals surface area contributed by atoms with Gasteiger partial charge in [0, 0.05) is 11.1 Å². The number of para-hydroxylation sites is 1. The fourth-order valence-corrected chi connectivity index (χ4v) is 2.49. The summed E-state index contributed by atoms with van der Waals surface area (Å²) >= 11 is 5.89. The minimum Gasteiger partial charge on any atom is -0.478 e. The summed E-state index contributed by atoms with van der Waals surface area (Å²) in [5.74, 6) is -1.29. The maximum atomic E-state index is 13.1. The van der Waals surface area contributed by atoms with Crippen molar-refractivity contribution in [2.75, 3.05) is 5.32 Å². The average Bonchev–Trinajstić information content (AvgIpc) is 2.99. The summed E-state index contributed by atoms with van der Waals surface area (Å²) in [6.07, 6.45) is -4.65. The van der Waals surface area contributed by atoms with Gasteiger partial charge in [0.15, 0.2) is 5.69 Å². The zero-order valence-electron chi connectivity index (χ0n) is 13.0. The smallest absolute Gasteiger partial charge is 0.435 e. The van der Waals surface area contributed by atoms with Crippen LogP contribution in [0.25, 0.3) is 5.69 Å². The quantitative estimate of drug-likeness (QED) is 0.668. The molecule has 0 spiro atoms. The van der Waals surface area contributed by atoms with E-state index in [9.17, 15) is 23.1 Å². The fraction of sp³-hybridized carbons (Fsp3) is 0.0588. The Balaban J connectivity index is 2.12. The molecule has 0 radical (unpaired) electrons. The number of aromatic carboxylic acids is 1. The highest BCUT2D eigenvalue weighted by Gasteiger charge is 2.35. The van der Waals surface area contributed by atoms with E-state index in [2.05, 4.69) is 10.4 Å². The Bertz CT molecular complexity index is 956. The summed E-state index contributed by atoms with van der Waals surface area (Å²) in [6, 6.07) is 12.9. The summed E-state index contributed by atoms with van der Waals surface area (Å²) in [4.78, 5) is 11.4. The van der Waals surface area contributed by atoms with Gasteiger partial charge in [-0.05, 0) is 30.3 Å². The van der Waals surface area contributed by atoms with Crippen LogP contribution in [0.4, 0.5) is 24.7 Å². The number of carboxylic acid groups (broad SMARTS) is 1. The van der Waals surface area contributed by atoms with Gasteiger partial charge in [-0.1, -0.05) is 29.8 Å². The van der Waals surface area contributed by atoms with Crippen LogP contribution in [0.2, 0.25) is 5.02 Å². The monoisotopic (exact) mass is 381 g/mol. The lowest BCUT2D eigenvalue weighted by atomic mass is 10.2. The van der Waals surface area contributed by atoms with Crippen molar-refractivity contribution in [3.05, 3.63) is 70.9 Å². The SMILES string of the molecule is O=C(O)c1ccc(Cl)cc1Nc1cc(C(F)(F)F)nn1-c1ccccc1. The van der Waals surface area contributed by atoms with Gasteiger partial charge in [0.1, 0.15) is 5.82 Å². The van der Waals surface area contributed by atoms with Crippen LogP contribution >= 0.6 is 11.6 Å². The fourth-order valence-electron chi connectivity index (χ4n) is 2.32. The number of benzene rings is 2. The Hall–Kier alpha value is -3.00. The van der Waals surface area contributed by atoms with Gasteiger partial charge in [-0.2, -0.15) is 18.3 Å². The zero-order chi connectivity index (χ0) is 18.9. The van der Waals surface area contributed by atoms with Gasteiger partial charge >= 0.3 is 12.1 Å². The molecule has 0 bridgehead atoms. The third-order valence-electron chi connectivity index (χ3n) is 3.48. The van der Waals surface area contributed by atoms with Crippen molar-refractivity contribution in [1.82, 2.24) is 9.78 Å². The van der Waals surface area contributed by atoms with Crippen molar-refractivity contribution in [2.24, 2.45) is 0 Å². The van der Waals surface area contributed by atoms with E-state index >= 15 is 0 Å². The number of carboxylic acids is 1. The number of anilines is 2. The van der Waals surface area contributed by atoms with Crippen molar-refractivity contribution < 1.29 is 23.1 Å². The standard InChI is InChI=1S/C17H11ClF3N3O2/c18-10-6-7-12(16(25)26)13(8-10)22-15-9-14(17(19,20)21)23-24(15)11-4-2-1-3-5-11/h1-9,22H,(H,25,26). The normalized spacial score (nSPS) is 11.4. The van der Waals surface area contributed by atoms with Gasteiger partial charge in [-0.3, -0.25) is 0 Å². The number of nitrogens with one attached hydrogen (secondary N) is 1. The average molecular weight is 382 g/mol. The minimum atomic E-state index is -4.65. The summed E-state index contributed by atoms with van der Waals surface area (Å²) in [7, 11) is 0. The highest BCUT2D eigenvalue weighted by atomic mass is 35.5. The lowest BCUT2D eigenvalue weighted by Crippen LogP contribution is -2.08. The first-order chi connectivity index (χ1) is 12.3. The Morgan fingerprint density at radius 2 is 1.81 bits per heavy atom. The molecule has 0 aliphatic carbocycles. The van der Waals surface area contributed by atoms with Crippen molar-refractivity contribution in [3.8, 4) is 5.69 Å². The summed E-state index contributed by atoms with van der Waals surface area (Å²) in [5.41, 5.74) is -0.813. The van der Waals surface area contributed by atoms with Crippen LogP contribution in [-0.2, 0) is 6.18 Å². The molecule has 0 aliphatic rings. The molecule has 0 amide bonds. The first-order valence-corrected chi connectivity index (χ1v) is 7.66. The number of hydrogen-bond acceptors (Lipinski definition) is 3. The van der Waals surface area contributed by atoms with Crippen LogP contribution < -0.4 is 5.32 Å². The van der Waals surface area contributed by atoms with Crippen molar-refractivity contribution in [2.45, 2.75) is 6.18 Å². The molecule has 26 heavy (non-hydrogen) atoms. The number of rotatable bonds is 4. The topological polar surface area (TPSA) is 67.2 Å². The molecule has 2 aromatic carbocycles. The Kier molecular flexibility index (Phi) is 4.60. The molecule has 134 valence electrons. The van der Waals surface area contributed by atoms with Gasteiger partial charge in [0.2, 0.25) is 0 Å². The number of halogens is 4. The van der Waals surface area contributed by atoms with E-state index in [-0.39, 0.29) is 22.1 Å². The highest BCUT2D eigenvalue weighted by molar-refractivity contribution is 6.31. The minimum absolute atomic E-state index is 0.0479. The van der Waals surface area contributed by atoms with Gasteiger partial charge < -0.3 is 10.4 Å². The maximum absolute atomic E-state index is 13.1. The van der Waals surface area contributed by atoms with E-state index < -0.39 is 17.8 Å². The maximum Gasteiger partial charge on any atom is 0.435 e. The van der Waals surface area contributed by atoms with E-state index in [0.29, 0.717) is 5.69 Å². The third kappa shape index (κ3) is 3.65. The number of carbonyl (C=O) groups is 1. The van der Waals surface area contributed by atoms with E-state index in [1.807, 2.05) is 0 Å². The first kappa shape index (κ1) is 17.8. The van der Waals surface area contributed by atoms with Crippen LogP contribution in [0, 0.1) is 0 Å². The Morgan fingerprint density at radius 1 is 1.12 bits per heavy atom. The van der Waals surface area contributed by atoms with Crippen LogP contribution in [0.3, 0.4) is 0 Å². The van der Waals surface area contributed by atoms with Crippen LogP contribution in [0.5, 0.6) is 0 Å². The molecule has 1 aromatic heterocycles. The van der Waals surface area contributed by atoms with E-state index in [1.54, 1.807) is 30.3 Å². The lowest BCUT2D eigenvalue weighted by Gasteiger charge is -2.12. The second-order valence-electron chi connectivity index (χ2n) is 5.28. The Morgan fingerprint density at radius 3 is 2.42 bits per heavy atom. The molecular formula is C17H11ClF3N3O2. The van der Waals surface area contributed by atoms with Crippen LogP contribution in [-0.4, -0.2) is 20.9 Å². The van der Waals surface area contributed by atoms with E-state index in [1.165, 1.54) is 18.2 Å². The zero-order valence-corrected chi connectivity index (χ0v) is 13.7. The summed E-state index contributed by atoms with van der Waals surface area (Å²) < 4.78 is 40.3. The van der Waals surface area contributed by atoms with Crippen LogP contribution in [0.15, 0.2) is 54.6 Å². The molecule has 0 fully saturated rings. The lowest BCUT2D eigenvalue weighted by molar-refractivity contribution is -0.141. The van der Waals surface area contributed by atoms with Crippen molar-refractivity contribution >= 4 is 29.1 Å². The molecule has 5 nitrogen and oxygen atoms in total. The largest absolute Gasteiger partial charge is 0.478 e. The van der Waals surface area contributed by atoms with Crippen LogP contribution in [0.1, 0.15) is 16.1 Å². The number of nitrogens with zero attached hydrogens (tertiary/aromatic N) is 2. The van der Waals surface area contributed by atoms with Gasteiger partial charge in [-0.25, -0.2) is 9.48 Å². The molecule has 2 N–H and O–H groups in total. The summed E-state index contributed by atoms with van der Waals surface area (Å²) in [6.45, 7) is 0. The predicted molar refractivity (Wildman–Crippen MR) is 90.3 cm³/mol. The Labute approximate surface area is 150 Å². The second-order valence-corrected chi connectivity index (χ2v) is 5.72. The third-order valence-corrected chi connectivity index (χ3v) is 3.71. The van der Waals surface area contributed by atoms with Crippen molar-refractivity contribution in [1.29, 1.82) is 0 Å². The highest BCUT2D eigenvalue weighted by Crippen LogP contribution is 2.33. The first-order valence-electron chi connectivity index (χ1n) is 7.28. The predicted octanol–water partition coefficient (Wildman–Crippen LogP) is 4.99. The van der Waals surface area contributed by atoms with Gasteiger partial charge in [-0.15, -0.1) is 0 Å². The molecule has 3 rings (SSSR count). The number of hydrogen-bond donors (Lipinski definition) is 2. The molecule has 1 heterocycles. The van der Waals surface area contributed by atoms with Gasteiger partial charge in [0.05, 0.1) is 16.9 Å². The molecule has 0 aliphatic heterocycles. The van der Waals surface area contributed by atoms with Gasteiger partial charge in [0.25, 0.3) is 0 Å².